The van der Waals surface area contributed by atoms with Crippen molar-refractivity contribution in [3.05, 3.63) is 59.4 Å². The molecule has 4 heterocycles. The van der Waals surface area contributed by atoms with Crippen LogP contribution < -0.4 is 15.5 Å². The summed E-state index contributed by atoms with van der Waals surface area (Å²) in [7, 11) is 0. The van der Waals surface area contributed by atoms with Gasteiger partial charge in [-0.25, -0.2) is 13.8 Å². The van der Waals surface area contributed by atoms with E-state index in [1.807, 2.05) is 28.7 Å². The predicted molar refractivity (Wildman–Crippen MR) is 125 cm³/mol. The van der Waals surface area contributed by atoms with Crippen LogP contribution in [0.4, 0.5) is 14.5 Å². The van der Waals surface area contributed by atoms with Gasteiger partial charge in [0.1, 0.15) is 17.3 Å². The number of nitrogens with one attached hydrogen (secondary N) is 2. The van der Waals surface area contributed by atoms with Crippen LogP contribution in [0.5, 0.6) is 0 Å². The first-order valence-electron chi connectivity index (χ1n) is 11.7. The number of carbonyl (C=O) groups is 1. The lowest BCUT2D eigenvalue weighted by atomic mass is 9.99. The first kappa shape index (κ1) is 21.8. The number of nitrogens with zero attached hydrogens (tertiary/aromatic N) is 3. The van der Waals surface area contributed by atoms with E-state index < -0.39 is 11.6 Å². The van der Waals surface area contributed by atoms with E-state index in [-0.39, 0.29) is 23.9 Å². The number of hydrogen-bond donors (Lipinski definition) is 2. The molecule has 0 spiro atoms. The quantitative estimate of drug-likeness (QED) is 0.596. The first-order chi connectivity index (χ1) is 15.9. The van der Waals surface area contributed by atoms with E-state index in [9.17, 15) is 13.6 Å². The van der Waals surface area contributed by atoms with Crippen molar-refractivity contribution in [2.45, 2.75) is 51.2 Å². The molecular formula is C25H29F2N5O. The molecular weight excluding hydrogens is 424 g/mol. The highest BCUT2D eigenvalue weighted by Gasteiger charge is 2.33. The number of amides is 1. The number of hydrogen-bond acceptors (Lipinski definition) is 4. The van der Waals surface area contributed by atoms with Gasteiger partial charge >= 0.3 is 0 Å². The number of anilines is 1. The van der Waals surface area contributed by atoms with Crippen LogP contribution in [-0.4, -0.2) is 47.2 Å². The third-order valence-electron chi connectivity index (χ3n) is 6.93. The molecule has 5 rings (SSSR count). The molecule has 2 aliphatic rings. The van der Waals surface area contributed by atoms with Crippen molar-refractivity contribution in [2.75, 3.05) is 24.5 Å². The van der Waals surface area contributed by atoms with Gasteiger partial charge in [0.2, 0.25) is 0 Å². The van der Waals surface area contributed by atoms with Gasteiger partial charge in [-0.3, -0.25) is 4.79 Å². The molecule has 1 aromatic carbocycles. The van der Waals surface area contributed by atoms with Gasteiger partial charge < -0.3 is 20.1 Å². The second-order valence-corrected chi connectivity index (χ2v) is 9.22. The first-order valence-corrected chi connectivity index (χ1v) is 11.7. The van der Waals surface area contributed by atoms with Crippen molar-refractivity contribution in [1.29, 1.82) is 0 Å². The largest absolute Gasteiger partial charge is 0.366 e. The number of halogens is 2. The van der Waals surface area contributed by atoms with Gasteiger partial charge in [0.15, 0.2) is 0 Å². The van der Waals surface area contributed by atoms with Crippen molar-refractivity contribution in [3.63, 3.8) is 0 Å². The van der Waals surface area contributed by atoms with Gasteiger partial charge in [-0.2, -0.15) is 0 Å². The van der Waals surface area contributed by atoms with Crippen molar-refractivity contribution >= 4 is 22.6 Å². The van der Waals surface area contributed by atoms with Crippen molar-refractivity contribution < 1.29 is 13.6 Å². The van der Waals surface area contributed by atoms with Gasteiger partial charge in [0.25, 0.3) is 5.91 Å². The SMILES string of the molecule is CCn1ccc2cc(C(=O)NC[C@@H](C)c3cc(F)c(N4CC5CCC(C4)N5)cc3F)cnc21. The number of fused-ring (bicyclic) bond motifs is 3. The average molecular weight is 454 g/mol. The van der Waals surface area contributed by atoms with Gasteiger partial charge in [0, 0.05) is 68.0 Å². The van der Waals surface area contributed by atoms with Crippen LogP contribution in [0.25, 0.3) is 11.0 Å². The van der Waals surface area contributed by atoms with Gasteiger partial charge in [-0.05, 0) is 43.5 Å². The molecule has 2 N–H and O–H groups in total. The minimum atomic E-state index is -0.442. The molecule has 2 aliphatic heterocycles. The molecule has 2 fully saturated rings. The van der Waals surface area contributed by atoms with Crippen LogP contribution in [0.3, 0.4) is 0 Å². The molecule has 0 radical (unpaired) electrons. The molecule has 1 amide bonds. The number of piperazine rings is 1. The molecule has 174 valence electrons. The third-order valence-corrected chi connectivity index (χ3v) is 6.93. The molecule has 2 bridgehead atoms. The lowest BCUT2D eigenvalue weighted by Gasteiger charge is -2.35. The summed E-state index contributed by atoms with van der Waals surface area (Å²) in [5, 5.41) is 7.23. The Kier molecular flexibility index (Phi) is 5.78. The summed E-state index contributed by atoms with van der Waals surface area (Å²) in [6.07, 6.45) is 5.64. The Morgan fingerprint density at radius 1 is 1.21 bits per heavy atom. The van der Waals surface area contributed by atoms with Gasteiger partial charge in [-0.15, -0.1) is 0 Å². The minimum Gasteiger partial charge on any atom is -0.366 e. The number of rotatable bonds is 6. The predicted octanol–water partition coefficient (Wildman–Crippen LogP) is 3.81. The highest BCUT2D eigenvalue weighted by atomic mass is 19.1. The van der Waals surface area contributed by atoms with E-state index >= 15 is 0 Å². The molecule has 0 aliphatic carbocycles. The maximum Gasteiger partial charge on any atom is 0.252 e. The topological polar surface area (TPSA) is 62.2 Å². The fourth-order valence-corrected chi connectivity index (χ4v) is 5.08. The monoisotopic (exact) mass is 453 g/mol. The molecule has 6 nitrogen and oxygen atoms in total. The third kappa shape index (κ3) is 4.19. The molecule has 2 saturated heterocycles. The van der Waals surface area contributed by atoms with E-state index in [2.05, 4.69) is 15.6 Å². The van der Waals surface area contributed by atoms with Crippen molar-refractivity contribution in [2.24, 2.45) is 0 Å². The van der Waals surface area contributed by atoms with E-state index in [0.29, 0.717) is 36.4 Å². The summed E-state index contributed by atoms with van der Waals surface area (Å²) in [5.74, 6) is -1.52. The Bertz CT molecular complexity index is 1180. The number of benzene rings is 1. The van der Waals surface area contributed by atoms with Crippen molar-refractivity contribution in [3.8, 4) is 0 Å². The lowest BCUT2D eigenvalue weighted by molar-refractivity contribution is 0.0951. The lowest BCUT2D eigenvalue weighted by Crippen LogP contribution is -2.51. The summed E-state index contributed by atoms with van der Waals surface area (Å²) in [4.78, 5) is 19.0. The Morgan fingerprint density at radius 3 is 2.70 bits per heavy atom. The molecule has 33 heavy (non-hydrogen) atoms. The van der Waals surface area contributed by atoms with Gasteiger partial charge in [0.05, 0.1) is 11.3 Å². The Morgan fingerprint density at radius 2 is 1.97 bits per heavy atom. The number of carbonyl (C=O) groups excluding carboxylic acids is 1. The number of aryl methyl sites for hydroxylation is 1. The van der Waals surface area contributed by atoms with Crippen LogP contribution in [0.15, 0.2) is 36.7 Å². The summed E-state index contributed by atoms with van der Waals surface area (Å²) < 4.78 is 31.9. The van der Waals surface area contributed by atoms with Crippen LogP contribution in [0.1, 0.15) is 48.5 Å². The van der Waals surface area contributed by atoms with Crippen LogP contribution in [-0.2, 0) is 6.54 Å². The zero-order valence-electron chi connectivity index (χ0n) is 18.9. The fraction of sp³-hybridized carbons (Fsp3) is 0.440. The Hall–Kier alpha value is -3.00. The molecule has 2 aromatic heterocycles. The van der Waals surface area contributed by atoms with E-state index in [1.165, 1.54) is 12.1 Å². The fourth-order valence-electron chi connectivity index (χ4n) is 5.08. The Balaban J connectivity index is 1.26. The van der Waals surface area contributed by atoms with Crippen LogP contribution in [0, 0.1) is 11.6 Å². The molecule has 3 atom stereocenters. The number of pyridine rings is 1. The summed E-state index contributed by atoms with van der Waals surface area (Å²) >= 11 is 0. The molecule has 2 unspecified atom stereocenters. The minimum absolute atomic E-state index is 0.195. The average Bonchev–Trinajstić information content (AvgIpc) is 3.39. The van der Waals surface area contributed by atoms with E-state index in [4.69, 9.17) is 0 Å². The molecule has 0 saturated carbocycles. The van der Waals surface area contributed by atoms with Gasteiger partial charge in [-0.1, -0.05) is 6.92 Å². The highest BCUT2D eigenvalue weighted by molar-refractivity contribution is 5.97. The number of aromatic nitrogens is 2. The standard InChI is InChI=1S/C25H29F2N5O/c1-3-31-7-6-16-8-17(12-28-24(16)31)25(33)29-11-15(2)20-9-22(27)23(10-21(20)26)32-13-18-4-5-19(14-32)30-18/h6-10,12,15,18-19,30H,3-5,11,13-14H2,1-2H3,(H,29,33)/t15-,18?,19?/m1/s1. The zero-order chi connectivity index (χ0) is 23.1. The second kappa shape index (κ2) is 8.74. The maximum atomic E-state index is 15.0. The van der Waals surface area contributed by atoms with Crippen molar-refractivity contribution in [1.82, 2.24) is 20.2 Å². The van der Waals surface area contributed by atoms with Crippen LogP contribution >= 0.6 is 0 Å². The summed E-state index contributed by atoms with van der Waals surface area (Å²) in [6, 6.07) is 7.00. The Labute approximate surface area is 192 Å². The second-order valence-electron chi connectivity index (χ2n) is 9.22. The highest BCUT2D eigenvalue weighted by Crippen LogP contribution is 2.31. The summed E-state index contributed by atoms with van der Waals surface area (Å²) in [6.45, 7) is 6.20. The zero-order valence-corrected chi connectivity index (χ0v) is 18.9. The summed E-state index contributed by atoms with van der Waals surface area (Å²) in [5.41, 5.74) is 1.86. The van der Waals surface area contributed by atoms with E-state index in [1.54, 1.807) is 19.2 Å². The molecule has 8 heteroatoms. The molecule has 3 aromatic rings. The maximum absolute atomic E-state index is 15.0. The van der Waals surface area contributed by atoms with Crippen LogP contribution in [0.2, 0.25) is 0 Å². The normalized spacial score (nSPS) is 20.9. The smallest absolute Gasteiger partial charge is 0.252 e. The van der Waals surface area contributed by atoms with E-state index in [0.717, 1.165) is 30.4 Å².